The average molecular weight is 316 g/mol. The largest absolute Gasteiger partial charge is 0.336 e. The number of hydrogen-bond acceptors (Lipinski definition) is 3. The number of amides is 3. The Morgan fingerprint density at radius 3 is 2.36 bits per heavy atom. The first-order chi connectivity index (χ1) is 10.5. The summed E-state index contributed by atoms with van der Waals surface area (Å²) in [5, 5.41) is 6.95. The SMILES string of the molecule is CC(C)NC(=O)NC(=O)[C@@H](C)Sc1ccc2ccccc2c1. The number of hydrogen-bond donors (Lipinski definition) is 2. The van der Waals surface area contributed by atoms with Gasteiger partial charge >= 0.3 is 6.03 Å². The fourth-order valence-electron chi connectivity index (χ4n) is 2.01. The van der Waals surface area contributed by atoms with Gasteiger partial charge in [-0.3, -0.25) is 10.1 Å². The van der Waals surface area contributed by atoms with Crippen LogP contribution in [-0.2, 0) is 4.79 Å². The van der Waals surface area contributed by atoms with E-state index in [2.05, 4.69) is 22.8 Å². The van der Waals surface area contributed by atoms with Crippen LogP contribution in [0, 0.1) is 0 Å². The second-order valence-electron chi connectivity index (χ2n) is 5.39. The lowest BCUT2D eigenvalue weighted by Crippen LogP contribution is -2.45. The van der Waals surface area contributed by atoms with E-state index in [0.717, 1.165) is 10.3 Å². The summed E-state index contributed by atoms with van der Waals surface area (Å²) in [7, 11) is 0. The number of fused-ring (bicyclic) bond motifs is 1. The van der Waals surface area contributed by atoms with Gasteiger partial charge in [0.2, 0.25) is 5.91 Å². The molecule has 0 unspecified atom stereocenters. The minimum absolute atomic E-state index is 0.00348. The highest BCUT2D eigenvalue weighted by molar-refractivity contribution is 8.00. The third-order valence-corrected chi connectivity index (χ3v) is 4.15. The fourth-order valence-corrected chi connectivity index (χ4v) is 2.93. The molecule has 2 aromatic rings. The van der Waals surface area contributed by atoms with Gasteiger partial charge in [0.05, 0.1) is 5.25 Å². The summed E-state index contributed by atoms with van der Waals surface area (Å²) in [5.41, 5.74) is 0. The van der Waals surface area contributed by atoms with Crippen molar-refractivity contribution in [2.75, 3.05) is 0 Å². The van der Waals surface area contributed by atoms with Crippen molar-refractivity contribution in [3.8, 4) is 0 Å². The van der Waals surface area contributed by atoms with Gasteiger partial charge in [-0.1, -0.05) is 30.3 Å². The van der Waals surface area contributed by atoms with Gasteiger partial charge in [0.1, 0.15) is 0 Å². The van der Waals surface area contributed by atoms with Crippen molar-refractivity contribution in [3.63, 3.8) is 0 Å². The molecule has 2 N–H and O–H groups in total. The molecule has 0 saturated carbocycles. The monoisotopic (exact) mass is 316 g/mol. The summed E-state index contributed by atoms with van der Waals surface area (Å²) in [6.45, 7) is 5.48. The summed E-state index contributed by atoms with van der Waals surface area (Å²) in [5.74, 6) is -0.295. The molecule has 3 amide bonds. The van der Waals surface area contributed by atoms with Crippen LogP contribution in [0.1, 0.15) is 20.8 Å². The van der Waals surface area contributed by atoms with Crippen LogP contribution in [0.3, 0.4) is 0 Å². The van der Waals surface area contributed by atoms with Gasteiger partial charge in [0.15, 0.2) is 0 Å². The Hall–Kier alpha value is -2.01. The van der Waals surface area contributed by atoms with Crippen LogP contribution < -0.4 is 10.6 Å². The highest BCUT2D eigenvalue weighted by Crippen LogP contribution is 2.27. The van der Waals surface area contributed by atoms with E-state index in [1.807, 2.05) is 44.2 Å². The van der Waals surface area contributed by atoms with E-state index < -0.39 is 6.03 Å². The Morgan fingerprint density at radius 1 is 1.00 bits per heavy atom. The van der Waals surface area contributed by atoms with E-state index in [1.165, 1.54) is 17.1 Å². The summed E-state index contributed by atoms with van der Waals surface area (Å²) in [6.07, 6.45) is 0. The average Bonchev–Trinajstić information content (AvgIpc) is 2.46. The number of thioether (sulfide) groups is 1. The molecule has 4 nitrogen and oxygen atoms in total. The molecule has 0 saturated heterocycles. The molecular formula is C17H20N2O2S. The molecule has 0 bridgehead atoms. The quantitative estimate of drug-likeness (QED) is 0.848. The Bertz CT molecular complexity index is 685. The van der Waals surface area contributed by atoms with Crippen LogP contribution in [0.5, 0.6) is 0 Å². The third-order valence-electron chi connectivity index (χ3n) is 3.06. The molecule has 0 aliphatic heterocycles. The zero-order valence-electron chi connectivity index (χ0n) is 12.9. The molecule has 0 fully saturated rings. The predicted molar refractivity (Wildman–Crippen MR) is 91.1 cm³/mol. The Morgan fingerprint density at radius 2 is 1.68 bits per heavy atom. The summed E-state index contributed by atoms with van der Waals surface area (Å²) >= 11 is 1.44. The van der Waals surface area contributed by atoms with Crippen LogP contribution in [0.4, 0.5) is 4.79 Å². The van der Waals surface area contributed by atoms with Gasteiger partial charge < -0.3 is 5.32 Å². The molecule has 0 heterocycles. The lowest BCUT2D eigenvalue weighted by atomic mass is 10.1. The zero-order chi connectivity index (χ0) is 16.1. The molecule has 0 aliphatic carbocycles. The van der Waals surface area contributed by atoms with Crippen LogP contribution >= 0.6 is 11.8 Å². The van der Waals surface area contributed by atoms with Crippen LogP contribution in [0.2, 0.25) is 0 Å². The number of nitrogens with one attached hydrogen (secondary N) is 2. The van der Waals surface area contributed by atoms with Crippen LogP contribution in [0.15, 0.2) is 47.4 Å². The van der Waals surface area contributed by atoms with E-state index in [-0.39, 0.29) is 17.2 Å². The van der Waals surface area contributed by atoms with Crippen LogP contribution in [-0.4, -0.2) is 23.2 Å². The lowest BCUT2D eigenvalue weighted by Gasteiger charge is -2.13. The van der Waals surface area contributed by atoms with E-state index in [1.54, 1.807) is 6.92 Å². The molecule has 22 heavy (non-hydrogen) atoms. The maximum atomic E-state index is 12.0. The minimum atomic E-state index is -0.453. The molecule has 5 heteroatoms. The van der Waals surface area contributed by atoms with Gasteiger partial charge in [-0.2, -0.15) is 0 Å². The number of imide groups is 1. The number of benzene rings is 2. The molecule has 0 spiro atoms. The first-order valence-electron chi connectivity index (χ1n) is 7.22. The topological polar surface area (TPSA) is 58.2 Å². The smallest absolute Gasteiger partial charge is 0.321 e. The Balaban J connectivity index is 1.99. The van der Waals surface area contributed by atoms with Crippen molar-refractivity contribution in [1.82, 2.24) is 10.6 Å². The van der Waals surface area contributed by atoms with Gasteiger partial charge in [-0.15, -0.1) is 11.8 Å². The van der Waals surface area contributed by atoms with Crippen molar-refractivity contribution >= 4 is 34.5 Å². The summed E-state index contributed by atoms with van der Waals surface area (Å²) < 4.78 is 0. The molecule has 116 valence electrons. The van der Waals surface area contributed by atoms with Crippen molar-refractivity contribution < 1.29 is 9.59 Å². The van der Waals surface area contributed by atoms with Gasteiger partial charge in [-0.25, -0.2) is 4.79 Å². The highest BCUT2D eigenvalue weighted by atomic mass is 32.2. The number of carbonyl (C=O) groups excluding carboxylic acids is 2. The van der Waals surface area contributed by atoms with Crippen molar-refractivity contribution in [1.29, 1.82) is 0 Å². The van der Waals surface area contributed by atoms with Gasteiger partial charge in [-0.05, 0) is 43.7 Å². The molecule has 2 rings (SSSR count). The second-order valence-corrected chi connectivity index (χ2v) is 6.80. The van der Waals surface area contributed by atoms with Crippen LogP contribution in [0.25, 0.3) is 10.8 Å². The highest BCUT2D eigenvalue weighted by Gasteiger charge is 2.17. The molecule has 2 aromatic carbocycles. The number of rotatable bonds is 4. The van der Waals surface area contributed by atoms with E-state index in [4.69, 9.17) is 0 Å². The van der Waals surface area contributed by atoms with Gasteiger partial charge in [0, 0.05) is 10.9 Å². The maximum Gasteiger partial charge on any atom is 0.321 e. The van der Waals surface area contributed by atoms with Gasteiger partial charge in [0.25, 0.3) is 0 Å². The minimum Gasteiger partial charge on any atom is -0.336 e. The Kier molecular flexibility index (Phi) is 5.44. The molecule has 1 atom stereocenters. The third kappa shape index (κ3) is 4.49. The number of carbonyl (C=O) groups is 2. The first-order valence-corrected chi connectivity index (χ1v) is 8.10. The van der Waals surface area contributed by atoms with E-state index in [0.29, 0.717) is 0 Å². The molecular weight excluding hydrogens is 296 g/mol. The summed E-state index contributed by atoms with van der Waals surface area (Å²) in [4.78, 5) is 24.6. The van der Waals surface area contributed by atoms with Crippen molar-refractivity contribution in [3.05, 3.63) is 42.5 Å². The zero-order valence-corrected chi connectivity index (χ0v) is 13.7. The normalized spacial score (nSPS) is 12.2. The predicted octanol–water partition coefficient (Wildman–Crippen LogP) is 3.55. The molecule has 0 radical (unpaired) electrons. The van der Waals surface area contributed by atoms with E-state index in [9.17, 15) is 9.59 Å². The number of urea groups is 1. The summed E-state index contributed by atoms with van der Waals surface area (Å²) in [6, 6.07) is 13.7. The maximum absolute atomic E-state index is 12.0. The first kappa shape index (κ1) is 16.4. The second kappa shape index (κ2) is 7.31. The van der Waals surface area contributed by atoms with Crippen molar-refractivity contribution in [2.45, 2.75) is 37.0 Å². The molecule has 0 aromatic heterocycles. The lowest BCUT2D eigenvalue weighted by molar-refractivity contribution is -0.119. The standard InChI is InChI=1S/C17H20N2O2S/c1-11(2)18-17(21)19-16(20)12(3)22-15-9-8-13-6-4-5-7-14(13)10-15/h4-12H,1-3H3,(H2,18,19,20,21)/t12-/m1/s1. The Labute approximate surface area is 134 Å². The fraction of sp³-hybridized carbons (Fsp3) is 0.294. The van der Waals surface area contributed by atoms with Crippen molar-refractivity contribution in [2.24, 2.45) is 0 Å². The molecule has 0 aliphatic rings. The van der Waals surface area contributed by atoms with E-state index >= 15 is 0 Å².